The van der Waals surface area contributed by atoms with E-state index in [0.717, 1.165) is 33.5 Å². The van der Waals surface area contributed by atoms with Crippen molar-refractivity contribution in [2.75, 3.05) is 5.32 Å². The third kappa shape index (κ3) is 4.18. The molecule has 0 unspecified atom stereocenters. The summed E-state index contributed by atoms with van der Waals surface area (Å²) in [6, 6.07) is 12.2. The maximum absolute atomic E-state index is 13.3. The van der Waals surface area contributed by atoms with Crippen molar-refractivity contribution in [3.8, 4) is 5.69 Å². The number of carbonyl (C=O) groups excluding carboxylic acids is 1. The fourth-order valence-electron chi connectivity index (χ4n) is 4.25. The second-order valence-corrected chi connectivity index (χ2v) is 8.51. The maximum Gasteiger partial charge on any atom is 0.255 e. The van der Waals surface area contributed by atoms with Crippen molar-refractivity contribution in [2.45, 2.75) is 40.5 Å². The summed E-state index contributed by atoms with van der Waals surface area (Å²) in [4.78, 5) is 25.8. The van der Waals surface area contributed by atoms with Crippen molar-refractivity contribution in [2.24, 2.45) is 7.05 Å². The number of carbonyl (C=O) groups is 1. The topological polar surface area (TPSA) is 68.9 Å². The molecule has 0 saturated heterocycles. The molecule has 0 aliphatic carbocycles. The summed E-state index contributed by atoms with van der Waals surface area (Å²) in [6.45, 7) is 7.60. The highest BCUT2D eigenvalue weighted by Gasteiger charge is 2.20. The number of fused-ring (bicyclic) bond motifs is 1. The number of nitrogens with one attached hydrogen (secondary N) is 1. The van der Waals surface area contributed by atoms with Crippen LogP contribution in [0.4, 0.5) is 10.1 Å². The van der Waals surface area contributed by atoms with Gasteiger partial charge in [-0.15, -0.1) is 0 Å². The summed E-state index contributed by atoms with van der Waals surface area (Å²) in [5.41, 5.74) is 6.10. The van der Waals surface area contributed by atoms with Gasteiger partial charge in [-0.25, -0.2) is 9.07 Å². The third-order valence-electron chi connectivity index (χ3n) is 6.09. The van der Waals surface area contributed by atoms with E-state index in [1.54, 1.807) is 29.3 Å². The molecule has 1 amide bonds. The van der Waals surface area contributed by atoms with E-state index in [0.29, 0.717) is 23.2 Å². The second kappa shape index (κ2) is 8.65. The first kappa shape index (κ1) is 22.5. The number of hydrogen-bond donors (Lipinski definition) is 1. The Morgan fingerprint density at radius 2 is 1.76 bits per heavy atom. The predicted molar refractivity (Wildman–Crippen MR) is 129 cm³/mol. The fourth-order valence-corrected chi connectivity index (χ4v) is 4.25. The Kier molecular flexibility index (Phi) is 5.89. The van der Waals surface area contributed by atoms with Gasteiger partial charge in [0.25, 0.3) is 5.56 Å². The van der Waals surface area contributed by atoms with E-state index in [9.17, 15) is 14.0 Å². The quantitative estimate of drug-likeness (QED) is 0.484. The number of hydrogen-bond acceptors (Lipinski definition) is 3. The number of amides is 1. The molecule has 4 aromatic rings. The van der Waals surface area contributed by atoms with Crippen LogP contribution in [0.5, 0.6) is 0 Å². The molecule has 0 fully saturated rings. The summed E-state index contributed by atoms with van der Waals surface area (Å²) >= 11 is 0. The highest BCUT2D eigenvalue weighted by atomic mass is 19.1. The Labute approximate surface area is 191 Å². The minimum atomic E-state index is -0.348. The lowest BCUT2D eigenvalue weighted by atomic mass is 10.0. The van der Waals surface area contributed by atoms with Crippen molar-refractivity contribution >= 4 is 22.6 Å². The lowest BCUT2D eigenvalue weighted by molar-refractivity contribution is -0.116. The van der Waals surface area contributed by atoms with Crippen LogP contribution in [0.2, 0.25) is 0 Å². The summed E-state index contributed by atoms with van der Waals surface area (Å²) < 4.78 is 16.7. The van der Waals surface area contributed by atoms with Crippen LogP contribution in [-0.2, 0) is 18.3 Å². The first-order valence-electron chi connectivity index (χ1n) is 10.9. The molecule has 0 radical (unpaired) electrons. The number of pyridine rings is 1. The number of rotatable bonds is 5. The first-order chi connectivity index (χ1) is 15.7. The van der Waals surface area contributed by atoms with Crippen molar-refractivity contribution in [1.29, 1.82) is 0 Å². The first-order valence-corrected chi connectivity index (χ1v) is 10.9. The lowest BCUT2D eigenvalue weighted by Gasteiger charge is -2.13. The van der Waals surface area contributed by atoms with Gasteiger partial charge in [0, 0.05) is 30.1 Å². The monoisotopic (exact) mass is 446 g/mol. The summed E-state index contributed by atoms with van der Waals surface area (Å²) in [6.07, 6.45) is 0.444. The zero-order valence-corrected chi connectivity index (χ0v) is 19.5. The number of benzene rings is 2. The number of aryl methyl sites for hydroxylation is 5. The molecular formula is C26H27FN4O2. The summed E-state index contributed by atoms with van der Waals surface area (Å²) in [7, 11) is 1.74. The van der Waals surface area contributed by atoms with E-state index in [1.807, 2.05) is 45.0 Å². The molecule has 7 heteroatoms. The van der Waals surface area contributed by atoms with Crippen molar-refractivity contribution in [1.82, 2.24) is 14.3 Å². The standard InChI is InChI=1S/C26H27FN4O2/c1-15-6-9-20(10-7-15)31-25-24(18(4)29-31)17(3)21(26(33)30(25)5)11-13-23(32)28-22-12-8-19(27)14-16(22)2/h6-10,12,14H,11,13H2,1-5H3,(H,28,32). The van der Waals surface area contributed by atoms with Crippen molar-refractivity contribution < 1.29 is 9.18 Å². The molecule has 2 heterocycles. The number of nitrogens with zero attached hydrogens (tertiary/aromatic N) is 3. The SMILES string of the molecule is Cc1ccc(-n2nc(C)c3c(C)c(CCC(=O)Nc4ccc(F)cc4C)c(=O)n(C)c32)cc1. The average molecular weight is 447 g/mol. The minimum absolute atomic E-state index is 0.140. The normalized spacial score (nSPS) is 11.2. The van der Waals surface area contributed by atoms with Gasteiger partial charge in [0.05, 0.1) is 11.4 Å². The molecule has 170 valence electrons. The Hall–Kier alpha value is -3.74. The molecule has 2 aromatic carbocycles. The van der Waals surface area contributed by atoms with Crippen LogP contribution < -0.4 is 10.9 Å². The molecule has 0 saturated carbocycles. The number of halogens is 1. The van der Waals surface area contributed by atoms with E-state index in [4.69, 9.17) is 5.10 Å². The largest absolute Gasteiger partial charge is 0.326 e. The van der Waals surface area contributed by atoms with Gasteiger partial charge in [0.1, 0.15) is 11.5 Å². The number of anilines is 1. The van der Waals surface area contributed by atoms with Crippen molar-refractivity contribution in [3.63, 3.8) is 0 Å². The van der Waals surface area contributed by atoms with Gasteiger partial charge in [-0.3, -0.25) is 14.2 Å². The third-order valence-corrected chi connectivity index (χ3v) is 6.09. The van der Waals surface area contributed by atoms with Crippen LogP contribution in [0.1, 0.15) is 34.4 Å². The predicted octanol–water partition coefficient (Wildman–Crippen LogP) is 4.67. The van der Waals surface area contributed by atoms with Crippen LogP contribution in [0.3, 0.4) is 0 Å². The molecule has 0 atom stereocenters. The zero-order valence-electron chi connectivity index (χ0n) is 19.5. The Morgan fingerprint density at radius 3 is 2.42 bits per heavy atom. The number of aromatic nitrogens is 3. The molecule has 1 N–H and O–H groups in total. The van der Waals surface area contributed by atoms with Crippen LogP contribution in [0.15, 0.2) is 47.3 Å². The lowest BCUT2D eigenvalue weighted by Crippen LogP contribution is -2.25. The van der Waals surface area contributed by atoms with Gasteiger partial charge in [0.15, 0.2) is 0 Å². The molecule has 0 spiro atoms. The van der Waals surface area contributed by atoms with E-state index in [1.165, 1.54) is 12.1 Å². The smallest absolute Gasteiger partial charge is 0.255 e. The van der Waals surface area contributed by atoms with Gasteiger partial charge in [0.2, 0.25) is 5.91 Å². The van der Waals surface area contributed by atoms with Gasteiger partial charge < -0.3 is 5.32 Å². The molecule has 4 rings (SSSR count). The molecule has 0 bridgehead atoms. The van der Waals surface area contributed by atoms with Crippen molar-refractivity contribution in [3.05, 3.63) is 86.6 Å². The minimum Gasteiger partial charge on any atom is -0.326 e. The molecule has 33 heavy (non-hydrogen) atoms. The fraction of sp³-hybridized carbons (Fsp3) is 0.269. The van der Waals surface area contributed by atoms with Crippen LogP contribution in [-0.4, -0.2) is 20.3 Å². The van der Waals surface area contributed by atoms with Crippen LogP contribution in [0.25, 0.3) is 16.7 Å². The highest BCUT2D eigenvalue weighted by molar-refractivity contribution is 5.92. The van der Waals surface area contributed by atoms with E-state index < -0.39 is 0 Å². The molecule has 0 aliphatic rings. The Morgan fingerprint density at radius 1 is 1.06 bits per heavy atom. The van der Waals surface area contributed by atoms with Gasteiger partial charge in [-0.05, 0) is 75.6 Å². The summed E-state index contributed by atoms with van der Waals surface area (Å²) in [5.74, 6) is -0.571. The highest BCUT2D eigenvalue weighted by Crippen LogP contribution is 2.26. The van der Waals surface area contributed by atoms with Crippen LogP contribution in [0, 0.1) is 33.5 Å². The molecule has 0 aliphatic heterocycles. The van der Waals surface area contributed by atoms with Gasteiger partial charge in [-0.2, -0.15) is 5.10 Å². The molecular weight excluding hydrogens is 419 g/mol. The van der Waals surface area contributed by atoms with E-state index in [-0.39, 0.29) is 23.7 Å². The van der Waals surface area contributed by atoms with Gasteiger partial charge >= 0.3 is 0 Å². The second-order valence-electron chi connectivity index (χ2n) is 8.51. The summed E-state index contributed by atoms with van der Waals surface area (Å²) in [5, 5.41) is 8.44. The van der Waals surface area contributed by atoms with Gasteiger partial charge in [-0.1, -0.05) is 17.7 Å². The molecule has 6 nitrogen and oxygen atoms in total. The average Bonchev–Trinajstić information content (AvgIpc) is 3.12. The van der Waals surface area contributed by atoms with E-state index in [2.05, 4.69) is 5.32 Å². The maximum atomic E-state index is 13.3. The van der Waals surface area contributed by atoms with Crippen LogP contribution >= 0.6 is 0 Å². The Balaban J connectivity index is 1.66. The zero-order chi connectivity index (χ0) is 23.9. The molecule has 2 aromatic heterocycles. The Bertz CT molecular complexity index is 1430. The van der Waals surface area contributed by atoms with E-state index >= 15 is 0 Å².